The van der Waals surface area contributed by atoms with Gasteiger partial charge < -0.3 is 9.84 Å². The molecule has 0 amide bonds. The molecule has 212 valence electrons. The number of hydrogen-bond acceptors (Lipinski definition) is 4. The van der Waals surface area contributed by atoms with E-state index in [-0.39, 0.29) is 56.3 Å². The molecule has 0 saturated heterocycles. The minimum absolute atomic E-state index is 0.0652. The zero-order valence-electron chi connectivity index (χ0n) is 25.6. The number of ether oxygens (including phenoxy) is 1. The van der Waals surface area contributed by atoms with E-state index in [0.717, 1.165) is 57.8 Å². The van der Waals surface area contributed by atoms with Gasteiger partial charge in [-0.3, -0.25) is 9.59 Å². The molecule has 5 aliphatic rings. The molecule has 0 aromatic rings. The van der Waals surface area contributed by atoms with Crippen molar-refractivity contribution in [3.63, 3.8) is 0 Å². The van der Waals surface area contributed by atoms with Crippen LogP contribution < -0.4 is 0 Å². The van der Waals surface area contributed by atoms with E-state index in [9.17, 15) is 14.7 Å². The van der Waals surface area contributed by atoms with Crippen molar-refractivity contribution < 1.29 is 19.4 Å². The van der Waals surface area contributed by atoms with Crippen LogP contribution in [0, 0.1) is 49.2 Å². The van der Waals surface area contributed by atoms with Gasteiger partial charge >= 0.3 is 5.97 Å². The van der Waals surface area contributed by atoms with Crippen LogP contribution in [0.25, 0.3) is 0 Å². The summed E-state index contributed by atoms with van der Waals surface area (Å²) in [7, 11) is 1.52. The minimum Gasteiger partial charge on any atom is -0.469 e. The summed E-state index contributed by atoms with van der Waals surface area (Å²) < 4.78 is 5.51. The summed E-state index contributed by atoms with van der Waals surface area (Å²) in [5.74, 6) is -0.133. The Labute approximate surface area is 231 Å². The molecule has 5 rings (SSSR count). The van der Waals surface area contributed by atoms with Crippen LogP contribution in [0.4, 0.5) is 0 Å². The first-order valence-electron chi connectivity index (χ1n) is 15.0. The minimum atomic E-state index is -0.612. The van der Waals surface area contributed by atoms with Gasteiger partial charge in [0.05, 0.1) is 18.6 Å². The molecule has 0 aromatic carbocycles. The fourth-order valence-electron chi connectivity index (χ4n) is 12.0. The lowest BCUT2D eigenvalue weighted by Gasteiger charge is -2.74. The van der Waals surface area contributed by atoms with Crippen molar-refractivity contribution in [1.82, 2.24) is 0 Å². The average Bonchev–Trinajstić information content (AvgIpc) is 2.82. The second kappa shape index (κ2) is 7.86. The lowest BCUT2D eigenvalue weighted by Crippen LogP contribution is -2.71. The first kappa shape index (κ1) is 28.1. The molecule has 38 heavy (non-hydrogen) atoms. The smallest absolute Gasteiger partial charge is 0.312 e. The first-order valence-corrected chi connectivity index (χ1v) is 15.0. The van der Waals surface area contributed by atoms with Crippen LogP contribution in [-0.4, -0.2) is 30.1 Å². The second-order valence-corrected chi connectivity index (χ2v) is 16.3. The number of carbonyl (C=O) groups is 2. The fourth-order valence-corrected chi connectivity index (χ4v) is 12.0. The number of methoxy groups -OCH3 is 1. The van der Waals surface area contributed by atoms with Crippen molar-refractivity contribution in [3.05, 3.63) is 24.3 Å². The van der Waals surface area contributed by atoms with Gasteiger partial charge in [0.25, 0.3) is 0 Å². The van der Waals surface area contributed by atoms with E-state index >= 15 is 0 Å². The Kier molecular flexibility index (Phi) is 5.82. The lowest BCUT2D eigenvalue weighted by molar-refractivity contribution is -0.226. The van der Waals surface area contributed by atoms with Gasteiger partial charge in [0.2, 0.25) is 0 Å². The van der Waals surface area contributed by atoms with E-state index < -0.39 is 10.8 Å². The van der Waals surface area contributed by atoms with Crippen molar-refractivity contribution in [1.29, 1.82) is 0 Å². The van der Waals surface area contributed by atoms with Gasteiger partial charge in [0.1, 0.15) is 0 Å². The standard InChI is InChI=1S/C34H52O4/c1-11-34-19-16-29(6)23(30(34,7)13-12-24(36)28(34,4)5)20-22(35)25-31(29,8)15-18-33(26(37)38-10)17-14-27(2,3)21-32(25,33)9/h11,20,24-25,36H,1,12-19,21H2,2-10H3/t24-,25-,29+,30+,31+,32-,33+,34-/m0/s1. The van der Waals surface area contributed by atoms with Crippen molar-refractivity contribution in [3.8, 4) is 0 Å². The number of esters is 1. The molecule has 4 heteroatoms. The number of allylic oxidation sites excluding steroid dienone is 3. The topological polar surface area (TPSA) is 63.6 Å². The maximum absolute atomic E-state index is 14.7. The Balaban J connectivity index is 1.73. The Morgan fingerprint density at radius 3 is 2.16 bits per heavy atom. The van der Waals surface area contributed by atoms with E-state index in [1.165, 1.54) is 12.7 Å². The van der Waals surface area contributed by atoms with E-state index in [0.29, 0.717) is 0 Å². The Hall–Kier alpha value is -1.42. The zero-order valence-corrected chi connectivity index (χ0v) is 25.6. The molecule has 4 saturated carbocycles. The molecule has 0 aliphatic heterocycles. The summed E-state index contributed by atoms with van der Waals surface area (Å²) >= 11 is 0. The molecule has 5 aliphatic carbocycles. The average molecular weight is 525 g/mol. The molecular weight excluding hydrogens is 472 g/mol. The van der Waals surface area contributed by atoms with E-state index in [2.05, 4.69) is 68.0 Å². The highest BCUT2D eigenvalue weighted by Crippen LogP contribution is 2.80. The fraction of sp³-hybridized carbons (Fsp3) is 0.824. The molecule has 4 nitrogen and oxygen atoms in total. The monoisotopic (exact) mass is 524 g/mol. The molecule has 0 unspecified atom stereocenters. The first-order chi connectivity index (χ1) is 17.4. The van der Waals surface area contributed by atoms with Gasteiger partial charge in [0, 0.05) is 16.7 Å². The number of aliphatic hydroxyl groups is 1. The molecule has 0 aromatic heterocycles. The predicted molar refractivity (Wildman–Crippen MR) is 151 cm³/mol. The van der Waals surface area contributed by atoms with Crippen LogP contribution in [0.2, 0.25) is 0 Å². The van der Waals surface area contributed by atoms with Crippen LogP contribution in [0.15, 0.2) is 24.3 Å². The highest BCUT2D eigenvalue weighted by Gasteiger charge is 2.76. The normalized spacial score (nSPS) is 50.9. The van der Waals surface area contributed by atoms with Crippen molar-refractivity contribution in [2.24, 2.45) is 49.2 Å². The summed E-state index contributed by atoms with van der Waals surface area (Å²) in [4.78, 5) is 28.3. The van der Waals surface area contributed by atoms with Gasteiger partial charge in [-0.05, 0) is 90.9 Å². The number of aliphatic hydroxyl groups excluding tert-OH is 1. The van der Waals surface area contributed by atoms with Gasteiger partial charge in [-0.15, -0.1) is 6.58 Å². The molecule has 1 N–H and O–H groups in total. The Bertz CT molecular complexity index is 1120. The third-order valence-corrected chi connectivity index (χ3v) is 14.4. The molecule has 0 heterocycles. The van der Waals surface area contributed by atoms with Crippen LogP contribution in [0.3, 0.4) is 0 Å². The molecule has 8 atom stereocenters. The van der Waals surface area contributed by atoms with Gasteiger partial charge in [-0.2, -0.15) is 0 Å². The van der Waals surface area contributed by atoms with Crippen LogP contribution >= 0.6 is 0 Å². The third-order valence-electron chi connectivity index (χ3n) is 14.4. The molecule has 0 bridgehead atoms. The number of fused-ring (bicyclic) bond motifs is 7. The predicted octanol–water partition coefficient (Wildman–Crippen LogP) is 7.45. The van der Waals surface area contributed by atoms with E-state index in [1.807, 2.05) is 6.08 Å². The van der Waals surface area contributed by atoms with E-state index in [1.54, 1.807) is 0 Å². The summed E-state index contributed by atoms with van der Waals surface area (Å²) in [6.07, 6.45) is 11.5. The highest BCUT2D eigenvalue weighted by molar-refractivity contribution is 5.97. The van der Waals surface area contributed by atoms with E-state index in [4.69, 9.17) is 4.74 Å². The third kappa shape index (κ3) is 2.87. The Morgan fingerprint density at radius 1 is 0.921 bits per heavy atom. The molecule has 0 spiro atoms. The van der Waals surface area contributed by atoms with Gasteiger partial charge in [0.15, 0.2) is 5.78 Å². The summed E-state index contributed by atoms with van der Waals surface area (Å²) in [6.45, 7) is 22.8. The largest absolute Gasteiger partial charge is 0.469 e. The number of hydrogen-bond donors (Lipinski definition) is 1. The molecule has 0 radical (unpaired) electrons. The Morgan fingerprint density at radius 2 is 1.55 bits per heavy atom. The summed E-state index contributed by atoms with van der Waals surface area (Å²) in [5, 5.41) is 11.2. The number of rotatable bonds is 2. The maximum atomic E-state index is 14.7. The summed E-state index contributed by atoms with van der Waals surface area (Å²) in [5.41, 5.74) is -1.03. The molecular formula is C34H52O4. The number of carbonyl (C=O) groups excluding carboxylic acids is 2. The van der Waals surface area contributed by atoms with Crippen molar-refractivity contribution >= 4 is 11.8 Å². The van der Waals surface area contributed by atoms with Crippen LogP contribution in [0.1, 0.15) is 113 Å². The lowest BCUT2D eigenvalue weighted by atomic mass is 9.29. The maximum Gasteiger partial charge on any atom is 0.312 e. The quantitative estimate of drug-likeness (QED) is 0.301. The van der Waals surface area contributed by atoms with Crippen molar-refractivity contribution in [2.45, 2.75) is 119 Å². The SMILES string of the molecule is C=C[C@@]12CC[C@]3(C)C(=CC(=O)[C@@H]4[C@]5(C)CC(C)(C)CC[C@]5(C(=O)OC)CC[C@]43C)[C@@]1(C)CC[C@H](O)C2(C)C. The summed E-state index contributed by atoms with van der Waals surface area (Å²) in [6, 6.07) is 0. The second-order valence-electron chi connectivity index (χ2n) is 16.3. The van der Waals surface area contributed by atoms with Crippen molar-refractivity contribution in [2.75, 3.05) is 7.11 Å². The van der Waals surface area contributed by atoms with Crippen LogP contribution in [0.5, 0.6) is 0 Å². The van der Waals surface area contributed by atoms with Crippen LogP contribution in [-0.2, 0) is 14.3 Å². The van der Waals surface area contributed by atoms with Gasteiger partial charge in [-0.1, -0.05) is 67.0 Å². The highest BCUT2D eigenvalue weighted by atomic mass is 16.5. The number of ketones is 1. The zero-order chi connectivity index (χ0) is 28.4. The van der Waals surface area contributed by atoms with Gasteiger partial charge in [-0.25, -0.2) is 0 Å². The molecule has 4 fully saturated rings.